The van der Waals surface area contributed by atoms with E-state index in [1.165, 1.54) is 16.9 Å². The van der Waals surface area contributed by atoms with E-state index in [9.17, 15) is 9.59 Å². The summed E-state index contributed by atoms with van der Waals surface area (Å²) in [5, 5.41) is 3.49. The molecule has 1 N–H and O–H groups in total. The third kappa shape index (κ3) is 7.65. The van der Waals surface area contributed by atoms with Gasteiger partial charge in [0, 0.05) is 17.1 Å². The SMILES string of the molecule is CCOC(=O)c1cc([C@@H](C)CCC=C(C)C)sc1NC(=O)CCSC. The van der Waals surface area contributed by atoms with Crippen LogP contribution in [-0.2, 0) is 9.53 Å². The zero-order chi connectivity index (χ0) is 18.8. The Morgan fingerprint density at radius 2 is 2.12 bits per heavy atom. The van der Waals surface area contributed by atoms with E-state index in [-0.39, 0.29) is 11.9 Å². The van der Waals surface area contributed by atoms with Gasteiger partial charge in [-0.15, -0.1) is 11.3 Å². The van der Waals surface area contributed by atoms with Gasteiger partial charge >= 0.3 is 5.97 Å². The second-order valence-corrected chi connectivity index (χ2v) is 8.23. The van der Waals surface area contributed by atoms with E-state index in [1.807, 2.05) is 12.3 Å². The van der Waals surface area contributed by atoms with E-state index in [0.717, 1.165) is 23.5 Å². The van der Waals surface area contributed by atoms with E-state index in [0.29, 0.717) is 29.5 Å². The molecule has 0 bridgehead atoms. The predicted molar refractivity (Wildman–Crippen MR) is 109 cm³/mol. The van der Waals surface area contributed by atoms with Crippen molar-refractivity contribution in [2.24, 2.45) is 0 Å². The molecule has 0 saturated heterocycles. The maximum absolute atomic E-state index is 12.2. The molecule has 1 rings (SSSR count). The maximum atomic E-state index is 12.2. The maximum Gasteiger partial charge on any atom is 0.341 e. The summed E-state index contributed by atoms with van der Waals surface area (Å²) in [6, 6.07) is 1.88. The number of nitrogens with one attached hydrogen (secondary N) is 1. The number of carbonyl (C=O) groups excluding carboxylic acids is 2. The molecule has 0 spiro atoms. The lowest BCUT2D eigenvalue weighted by Gasteiger charge is -2.07. The molecule has 0 aliphatic rings. The van der Waals surface area contributed by atoms with Gasteiger partial charge in [-0.1, -0.05) is 18.6 Å². The van der Waals surface area contributed by atoms with Crippen LogP contribution in [0.15, 0.2) is 17.7 Å². The normalized spacial score (nSPS) is 11.7. The van der Waals surface area contributed by atoms with Crippen molar-refractivity contribution in [3.05, 3.63) is 28.2 Å². The van der Waals surface area contributed by atoms with Gasteiger partial charge in [0.2, 0.25) is 5.91 Å². The molecule has 1 aromatic heterocycles. The highest BCUT2D eigenvalue weighted by Crippen LogP contribution is 2.35. The third-order valence-corrected chi connectivity index (χ3v) is 5.57. The molecule has 0 aliphatic carbocycles. The molecule has 1 atom stereocenters. The molecule has 0 aliphatic heterocycles. The van der Waals surface area contributed by atoms with Crippen LogP contribution in [0.3, 0.4) is 0 Å². The number of hydrogen-bond donors (Lipinski definition) is 1. The fourth-order valence-corrected chi connectivity index (χ4v) is 3.79. The smallest absolute Gasteiger partial charge is 0.341 e. The summed E-state index contributed by atoms with van der Waals surface area (Å²) in [5.41, 5.74) is 1.78. The number of esters is 1. The van der Waals surface area contributed by atoms with Crippen molar-refractivity contribution < 1.29 is 14.3 Å². The number of anilines is 1. The number of hydrogen-bond acceptors (Lipinski definition) is 5. The number of ether oxygens (including phenoxy) is 1. The average molecular weight is 384 g/mol. The minimum absolute atomic E-state index is 0.0644. The highest BCUT2D eigenvalue weighted by atomic mass is 32.2. The topological polar surface area (TPSA) is 55.4 Å². The molecule has 1 aromatic rings. The molecule has 0 aromatic carbocycles. The Labute approximate surface area is 159 Å². The molecule has 140 valence electrons. The van der Waals surface area contributed by atoms with Crippen molar-refractivity contribution in [3.63, 3.8) is 0 Å². The van der Waals surface area contributed by atoms with Crippen LogP contribution in [0.5, 0.6) is 0 Å². The molecule has 25 heavy (non-hydrogen) atoms. The van der Waals surface area contributed by atoms with E-state index in [1.54, 1.807) is 18.7 Å². The summed E-state index contributed by atoms with van der Waals surface area (Å²) in [4.78, 5) is 25.4. The highest BCUT2D eigenvalue weighted by molar-refractivity contribution is 7.98. The summed E-state index contributed by atoms with van der Waals surface area (Å²) in [7, 11) is 0. The monoisotopic (exact) mass is 383 g/mol. The number of thioether (sulfide) groups is 1. The first kappa shape index (κ1) is 21.8. The molecule has 4 nitrogen and oxygen atoms in total. The Balaban J connectivity index is 2.92. The lowest BCUT2D eigenvalue weighted by Crippen LogP contribution is -2.14. The van der Waals surface area contributed by atoms with E-state index in [2.05, 4.69) is 32.2 Å². The lowest BCUT2D eigenvalue weighted by molar-refractivity contribution is -0.115. The number of thiophene rings is 1. The first-order chi connectivity index (χ1) is 11.9. The molecule has 0 fully saturated rings. The molecule has 0 unspecified atom stereocenters. The Hall–Kier alpha value is -1.27. The van der Waals surface area contributed by atoms with Crippen LogP contribution in [0.25, 0.3) is 0 Å². The third-order valence-electron chi connectivity index (χ3n) is 3.67. The zero-order valence-electron chi connectivity index (χ0n) is 15.8. The fraction of sp³-hybridized carbons (Fsp3) is 0.579. The minimum atomic E-state index is -0.373. The van der Waals surface area contributed by atoms with Gasteiger partial charge in [0.15, 0.2) is 0 Å². The Bertz CT molecular complexity index is 604. The van der Waals surface area contributed by atoms with Crippen molar-refractivity contribution in [2.45, 2.75) is 52.9 Å². The van der Waals surface area contributed by atoms with Gasteiger partial charge in [0.25, 0.3) is 0 Å². The number of amides is 1. The first-order valence-corrected chi connectivity index (χ1v) is 10.8. The van der Waals surface area contributed by atoms with Crippen molar-refractivity contribution in [1.29, 1.82) is 0 Å². The van der Waals surface area contributed by atoms with Crippen molar-refractivity contribution in [3.8, 4) is 0 Å². The Morgan fingerprint density at radius 1 is 1.40 bits per heavy atom. The number of carbonyl (C=O) groups is 2. The molecule has 0 radical (unpaired) electrons. The first-order valence-electron chi connectivity index (χ1n) is 8.62. The highest BCUT2D eigenvalue weighted by Gasteiger charge is 2.21. The van der Waals surface area contributed by atoms with Crippen molar-refractivity contribution in [1.82, 2.24) is 0 Å². The van der Waals surface area contributed by atoms with Crippen LogP contribution < -0.4 is 5.32 Å². The van der Waals surface area contributed by atoms with Crippen LogP contribution in [0.2, 0.25) is 0 Å². The zero-order valence-corrected chi connectivity index (χ0v) is 17.4. The second-order valence-electron chi connectivity index (χ2n) is 6.16. The van der Waals surface area contributed by atoms with Gasteiger partial charge in [-0.05, 0) is 51.9 Å². The quantitative estimate of drug-likeness (QED) is 0.430. The molecular formula is C19H29NO3S2. The second kappa shape index (κ2) is 11.4. The fourth-order valence-electron chi connectivity index (χ4n) is 2.25. The standard InChI is InChI=1S/C19H29NO3S2/c1-6-23-19(22)15-12-16(14(4)9-7-8-13(2)3)25-18(15)20-17(21)10-11-24-5/h8,12,14H,6-7,9-11H2,1-5H3,(H,20,21)/t14-/m0/s1. The summed E-state index contributed by atoms with van der Waals surface area (Å²) in [6.07, 6.45) is 6.64. The van der Waals surface area contributed by atoms with Crippen molar-refractivity contribution in [2.75, 3.05) is 23.9 Å². The van der Waals surface area contributed by atoms with Gasteiger partial charge in [-0.25, -0.2) is 4.79 Å². The molecular weight excluding hydrogens is 354 g/mol. The van der Waals surface area contributed by atoms with Crippen LogP contribution in [0.4, 0.5) is 5.00 Å². The number of rotatable bonds is 10. The number of allylic oxidation sites excluding steroid dienone is 2. The predicted octanol–water partition coefficient (Wildman–Crippen LogP) is 5.47. The molecule has 6 heteroatoms. The summed E-state index contributed by atoms with van der Waals surface area (Å²) in [5.74, 6) is 0.649. The average Bonchev–Trinajstić information content (AvgIpc) is 2.96. The van der Waals surface area contributed by atoms with E-state index in [4.69, 9.17) is 4.74 Å². The molecule has 1 amide bonds. The van der Waals surface area contributed by atoms with Gasteiger partial charge in [0.05, 0.1) is 12.2 Å². The van der Waals surface area contributed by atoms with Crippen LogP contribution in [0.1, 0.15) is 68.1 Å². The lowest BCUT2D eigenvalue weighted by atomic mass is 10.0. The van der Waals surface area contributed by atoms with Crippen LogP contribution in [0, 0.1) is 0 Å². The van der Waals surface area contributed by atoms with Crippen molar-refractivity contribution >= 4 is 40.0 Å². The van der Waals surface area contributed by atoms with E-state index < -0.39 is 0 Å². The van der Waals surface area contributed by atoms with Gasteiger partial charge in [-0.2, -0.15) is 11.8 Å². The minimum Gasteiger partial charge on any atom is -0.462 e. The van der Waals surface area contributed by atoms with E-state index >= 15 is 0 Å². The summed E-state index contributed by atoms with van der Waals surface area (Å²) in [6.45, 7) is 8.44. The summed E-state index contributed by atoms with van der Waals surface area (Å²) < 4.78 is 5.14. The Kier molecular flexibility index (Phi) is 9.90. The molecule has 0 saturated carbocycles. The Morgan fingerprint density at radius 3 is 2.72 bits per heavy atom. The van der Waals surface area contributed by atoms with Gasteiger partial charge < -0.3 is 10.1 Å². The van der Waals surface area contributed by atoms with Gasteiger partial charge in [0.1, 0.15) is 5.00 Å². The van der Waals surface area contributed by atoms with Gasteiger partial charge in [-0.3, -0.25) is 4.79 Å². The summed E-state index contributed by atoms with van der Waals surface area (Å²) >= 11 is 3.11. The molecule has 1 heterocycles. The largest absolute Gasteiger partial charge is 0.462 e. The van der Waals surface area contributed by atoms with Crippen LogP contribution in [-0.4, -0.2) is 30.5 Å². The van der Waals surface area contributed by atoms with Crippen LogP contribution >= 0.6 is 23.1 Å².